The van der Waals surface area contributed by atoms with Crippen LogP contribution in [0.15, 0.2) is 0 Å². The van der Waals surface area contributed by atoms with Gasteiger partial charge >= 0.3 is 0 Å². The third-order valence-electron chi connectivity index (χ3n) is 0.437. The topological polar surface area (TPSA) is 37.3 Å². The second-order valence-electron chi connectivity index (χ2n) is 1.25. The number of rotatable bonds is 2. The van der Waals surface area contributed by atoms with E-state index in [1.54, 1.807) is 6.92 Å². The van der Waals surface area contributed by atoms with Crippen molar-refractivity contribution < 1.29 is 9.90 Å². The number of aldehydes is 1. The van der Waals surface area contributed by atoms with Gasteiger partial charge in [-0.25, -0.2) is 0 Å². The number of aliphatic hydroxyl groups is 1. The van der Waals surface area contributed by atoms with Crippen LogP contribution >= 0.6 is 0 Å². The van der Waals surface area contributed by atoms with Crippen LogP contribution in [-0.4, -0.2) is 25.9 Å². The Labute approximate surface area is 45.1 Å². The van der Waals surface area contributed by atoms with Gasteiger partial charge in [-0.05, 0) is 6.92 Å². The quantitative estimate of drug-likeness (QED) is 0.377. The molecule has 0 spiro atoms. The summed E-state index contributed by atoms with van der Waals surface area (Å²) in [5.74, 6) is 0. The van der Waals surface area contributed by atoms with Gasteiger partial charge in [0.2, 0.25) is 0 Å². The first-order valence-corrected chi connectivity index (χ1v) is 1.89. The van der Waals surface area contributed by atoms with Crippen molar-refractivity contribution in [2.24, 2.45) is 0 Å². The molecule has 0 aliphatic carbocycles. The maximum atomic E-state index is 9.46. The van der Waals surface area contributed by atoms with Crippen molar-refractivity contribution in [1.29, 1.82) is 0 Å². The Kier molecular flexibility index (Phi) is 8.01. The Morgan fingerprint density at radius 1 is 1.86 bits per heavy atom. The normalized spacial score (nSPS) is 11.7. The van der Waals surface area contributed by atoms with Crippen molar-refractivity contribution in [1.82, 2.24) is 0 Å². The Bertz CT molecular complexity index is 45.0. The van der Waals surface area contributed by atoms with Crippen molar-refractivity contribution in [2.75, 3.05) is 0 Å². The molecule has 0 amide bonds. The van der Waals surface area contributed by atoms with Crippen LogP contribution in [0.25, 0.3) is 0 Å². The molecule has 3 radical (unpaired) electrons. The van der Waals surface area contributed by atoms with Crippen LogP contribution in [0.3, 0.4) is 0 Å². The number of carbonyl (C=O) groups is 1. The molecule has 0 aliphatic heterocycles. The molecule has 0 bridgehead atoms. The van der Waals surface area contributed by atoms with Gasteiger partial charge in [0.05, 0.1) is 6.10 Å². The second kappa shape index (κ2) is 5.69. The summed E-state index contributed by atoms with van der Waals surface area (Å²) < 4.78 is 0. The summed E-state index contributed by atoms with van der Waals surface area (Å²) in [6.45, 7) is 1.58. The molecule has 39 valence electrons. The van der Waals surface area contributed by atoms with Gasteiger partial charge in [-0.15, -0.1) is 0 Å². The van der Waals surface area contributed by atoms with Gasteiger partial charge < -0.3 is 9.90 Å². The standard InChI is InChI=1S/C4H8O2.B/c1-4(6)2-3-5;/h3-4,6H,2H2,1H3;. The van der Waals surface area contributed by atoms with Gasteiger partial charge in [-0.1, -0.05) is 0 Å². The third-order valence-corrected chi connectivity index (χ3v) is 0.437. The summed E-state index contributed by atoms with van der Waals surface area (Å²) in [4.78, 5) is 9.46. The van der Waals surface area contributed by atoms with E-state index in [1.165, 1.54) is 0 Å². The molecule has 0 saturated carbocycles. The van der Waals surface area contributed by atoms with E-state index in [4.69, 9.17) is 5.11 Å². The van der Waals surface area contributed by atoms with E-state index >= 15 is 0 Å². The highest BCUT2D eigenvalue weighted by atomic mass is 16.3. The fourth-order valence-corrected chi connectivity index (χ4v) is 0.139. The molecule has 0 aromatic heterocycles. The maximum Gasteiger partial charge on any atom is 0.122 e. The molecule has 0 aromatic rings. The first-order valence-electron chi connectivity index (χ1n) is 1.89. The number of carbonyl (C=O) groups excluding carboxylic acids is 1. The molecule has 3 heteroatoms. The highest BCUT2D eigenvalue weighted by molar-refractivity contribution is 5.75. The lowest BCUT2D eigenvalue weighted by Crippen LogP contribution is -1.97. The minimum atomic E-state index is -0.470. The number of aliphatic hydroxyl groups excluding tert-OH is 1. The van der Waals surface area contributed by atoms with E-state index in [0.29, 0.717) is 6.29 Å². The highest BCUT2D eigenvalue weighted by Gasteiger charge is 1.87. The molecule has 1 N–H and O–H groups in total. The Morgan fingerprint density at radius 2 is 2.29 bits per heavy atom. The zero-order valence-electron chi connectivity index (χ0n) is 4.29. The lowest BCUT2D eigenvalue weighted by molar-refractivity contribution is -0.109. The molecule has 0 aliphatic rings. The minimum Gasteiger partial charge on any atom is -0.393 e. The molecular weight excluding hydrogens is 90.9 g/mol. The Balaban J connectivity index is 0. The monoisotopic (exact) mass is 99.1 g/mol. The van der Waals surface area contributed by atoms with Crippen molar-refractivity contribution in [3.05, 3.63) is 0 Å². The summed E-state index contributed by atoms with van der Waals surface area (Å²) >= 11 is 0. The van der Waals surface area contributed by atoms with E-state index in [2.05, 4.69) is 0 Å². The first kappa shape index (κ1) is 9.85. The first-order chi connectivity index (χ1) is 2.77. The zero-order chi connectivity index (χ0) is 4.99. The Hall–Kier alpha value is -0.305. The van der Waals surface area contributed by atoms with Crippen LogP contribution in [0, 0.1) is 0 Å². The average Bonchev–Trinajstić information content (AvgIpc) is 1.35. The highest BCUT2D eigenvalue weighted by Crippen LogP contribution is 1.79. The fourth-order valence-electron chi connectivity index (χ4n) is 0.139. The second-order valence-corrected chi connectivity index (χ2v) is 1.25. The average molecular weight is 98.9 g/mol. The molecule has 0 rings (SSSR count). The van der Waals surface area contributed by atoms with E-state index in [9.17, 15) is 4.79 Å². The van der Waals surface area contributed by atoms with Gasteiger partial charge in [0, 0.05) is 14.8 Å². The fraction of sp³-hybridized carbons (Fsp3) is 0.750. The van der Waals surface area contributed by atoms with Gasteiger partial charge in [-0.2, -0.15) is 0 Å². The summed E-state index contributed by atoms with van der Waals surface area (Å²) in [6.07, 6.45) is 0.479. The number of hydrogen-bond acceptors (Lipinski definition) is 2. The molecular formula is C4H8BO2. The molecule has 2 nitrogen and oxygen atoms in total. The molecule has 0 fully saturated rings. The van der Waals surface area contributed by atoms with Crippen molar-refractivity contribution in [3.63, 3.8) is 0 Å². The van der Waals surface area contributed by atoms with Crippen molar-refractivity contribution in [3.8, 4) is 0 Å². The van der Waals surface area contributed by atoms with Gasteiger partial charge in [0.1, 0.15) is 6.29 Å². The van der Waals surface area contributed by atoms with Crippen molar-refractivity contribution >= 4 is 14.7 Å². The Morgan fingerprint density at radius 3 is 2.29 bits per heavy atom. The van der Waals surface area contributed by atoms with E-state index in [-0.39, 0.29) is 14.8 Å². The van der Waals surface area contributed by atoms with E-state index in [0.717, 1.165) is 0 Å². The van der Waals surface area contributed by atoms with Crippen molar-refractivity contribution in [2.45, 2.75) is 19.4 Å². The van der Waals surface area contributed by atoms with Crippen LogP contribution in [0.4, 0.5) is 0 Å². The SMILES string of the molecule is CC(O)CC=O.[B]. The summed E-state index contributed by atoms with van der Waals surface area (Å²) in [5.41, 5.74) is 0. The van der Waals surface area contributed by atoms with Crippen LogP contribution in [0.1, 0.15) is 13.3 Å². The molecule has 0 heterocycles. The van der Waals surface area contributed by atoms with Gasteiger partial charge in [0.25, 0.3) is 0 Å². The van der Waals surface area contributed by atoms with Crippen LogP contribution < -0.4 is 0 Å². The lowest BCUT2D eigenvalue weighted by Gasteiger charge is -1.89. The number of hydrogen-bond donors (Lipinski definition) is 1. The summed E-state index contributed by atoms with van der Waals surface area (Å²) in [6, 6.07) is 0. The van der Waals surface area contributed by atoms with Crippen LogP contribution in [-0.2, 0) is 4.79 Å². The largest absolute Gasteiger partial charge is 0.393 e. The predicted molar refractivity (Wildman–Crippen MR) is 28.1 cm³/mol. The van der Waals surface area contributed by atoms with E-state index in [1.807, 2.05) is 0 Å². The van der Waals surface area contributed by atoms with E-state index < -0.39 is 6.10 Å². The lowest BCUT2D eigenvalue weighted by atomic mass is 10.3. The molecule has 1 unspecified atom stereocenters. The third kappa shape index (κ3) is 10.7. The summed E-state index contributed by atoms with van der Waals surface area (Å²) in [7, 11) is 0. The van der Waals surface area contributed by atoms with Crippen LogP contribution in [0.2, 0.25) is 0 Å². The predicted octanol–water partition coefficient (Wildman–Crippen LogP) is -0.425. The molecule has 1 atom stereocenters. The molecule has 0 aromatic carbocycles. The smallest absolute Gasteiger partial charge is 0.122 e. The summed E-state index contributed by atoms with van der Waals surface area (Å²) in [5, 5.41) is 8.32. The molecule has 7 heavy (non-hydrogen) atoms. The van der Waals surface area contributed by atoms with Gasteiger partial charge in [0.15, 0.2) is 0 Å². The zero-order valence-corrected chi connectivity index (χ0v) is 4.29. The van der Waals surface area contributed by atoms with Gasteiger partial charge in [-0.3, -0.25) is 0 Å². The molecule has 0 saturated heterocycles. The minimum absolute atomic E-state index is 0. The maximum absolute atomic E-state index is 9.46. The van der Waals surface area contributed by atoms with Crippen LogP contribution in [0.5, 0.6) is 0 Å².